The normalized spacial score (nSPS) is 10.4. The summed E-state index contributed by atoms with van der Waals surface area (Å²) in [6.07, 6.45) is 3.06. The van der Waals surface area contributed by atoms with Crippen LogP contribution in [0.3, 0.4) is 0 Å². The standard InChI is InChI=1S/C17H24N4O6.HI/c1-4-26-15(24)17(20-12(3)22,16(25)27-5-2)8-6-10-21-11-13(14(18)23)7-9-19-21;/h7,9,11H,4-6,8,10H2,1-3H3,(H2-,18,20,22,23);1H. The Labute approximate surface area is 180 Å². The summed E-state index contributed by atoms with van der Waals surface area (Å²) in [5.74, 6) is -2.95. The topological polar surface area (TPSA) is 142 Å². The van der Waals surface area contributed by atoms with E-state index in [1.165, 1.54) is 30.1 Å². The molecule has 0 spiro atoms. The number of nitrogens with zero attached hydrogens (tertiary/aromatic N) is 2. The molecule has 0 fully saturated rings. The van der Waals surface area contributed by atoms with Gasteiger partial charge in [0.05, 0.1) is 19.4 Å². The maximum absolute atomic E-state index is 12.5. The Morgan fingerprint density at radius 2 is 1.75 bits per heavy atom. The van der Waals surface area contributed by atoms with Crippen LogP contribution in [0.4, 0.5) is 0 Å². The van der Waals surface area contributed by atoms with Gasteiger partial charge in [-0.05, 0) is 31.4 Å². The van der Waals surface area contributed by atoms with Gasteiger partial charge in [0, 0.05) is 13.3 Å². The van der Waals surface area contributed by atoms with E-state index < -0.39 is 29.3 Å². The molecule has 0 aliphatic rings. The second-order valence-corrected chi connectivity index (χ2v) is 5.67. The summed E-state index contributed by atoms with van der Waals surface area (Å²) in [4.78, 5) is 47.8. The lowest BCUT2D eigenvalue weighted by Gasteiger charge is -2.29. The molecule has 1 heterocycles. The summed E-state index contributed by atoms with van der Waals surface area (Å²) in [7, 11) is 0. The zero-order chi connectivity index (χ0) is 20.4. The van der Waals surface area contributed by atoms with Crippen LogP contribution in [0, 0.1) is 0 Å². The van der Waals surface area contributed by atoms with Gasteiger partial charge >= 0.3 is 11.9 Å². The van der Waals surface area contributed by atoms with Crippen molar-refractivity contribution in [3.63, 3.8) is 0 Å². The molecule has 0 bridgehead atoms. The van der Waals surface area contributed by atoms with Crippen LogP contribution in [0.25, 0.3) is 0 Å². The molecule has 0 aromatic carbocycles. The molecule has 1 aromatic heterocycles. The number of esters is 2. The number of amides is 2. The molecule has 28 heavy (non-hydrogen) atoms. The summed E-state index contributed by atoms with van der Waals surface area (Å²) in [5.41, 5.74) is 3.56. The number of hydrogen-bond donors (Lipinski definition) is 2. The van der Waals surface area contributed by atoms with Crippen LogP contribution in [-0.2, 0) is 30.4 Å². The van der Waals surface area contributed by atoms with Crippen molar-refractivity contribution in [2.24, 2.45) is 5.73 Å². The van der Waals surface area contributed by atoms with E-state index in [1.54, 1.807) is 13.8 Å². The van der Waals surface area contributed by atoms with Crippen molar-refractivity contribution in [3.8, 4) is 0 Å². The molecule has 156 valence electrons. The highest BCUT2D eigenvalue weighted by Crippen LogP contribution is 2.18. The van der Waals surface area contributed by atoms with Crippen LogP contribution in [0.15, 0.2) is 18.5 Å². The van der Waals surface area contributed by atoms with Crippen molar-refractivity contribution in [2.45, 2.75) is 45.7 Å². The van der Waals surface area contributed by atoms with Crippen LogP contribution in [-0.4, -0.2) is 47.6 Å². The smallest absolute Gasteiger partial charge is 0.343 e. The number of rotatable bonds is 10. The van der Waals surface area contributed by atoms with Gasteiger partial charge < -0.3 is 44.5 Å². The number of ether oxygens (including phenoxy) is 2. The van der Waals surface area contributed by atoms with Crippen molar-refractivity contribution in [2.75, 3.05) is 13.2 Å². The molecule has 0 aliphatic carbocycles. The molecule has 1 rings (SSSR count). The third-order valence-corrected chi connectivity index (χ3v) is 3.62. The molecule has 0 saturated carbocycles. The van der Waals surface area contributed by atoms with Gasteiger partial charge in [0.1, 0.15) is 5.56 Å². The number of aryl methyl sites for hydroxylation is 1. The van der Waals surface area contributed by atoms with Crippen LogP contribution < -0.4 is 39.7 Å². The van der Waals surface area contributed by atoms with Crippen molar-refractivity contribution in [1.29, 1.82) is 0 Å². The van der Waals surface area contributed by atoms with Crippen molar-refractivity contribution >= 4 is 23.8 Å². The van der Waals surface area contributed by atoms with Gasteiger partial charge in [0.25, 0.3) is 5.91 Å². The molecule has 10 nitrogen and oxygen atoms in total. The largest absolute Gasteiger partial charge is 1.00 e. The third-order valence-electron chi connectivity index (χ3n) is 3.62. The molecule has 3 N–H and O–H groups in total. The van der Waals surface area contributed by atoms with Gasteiger partial charge in [-0.1, -0.05) is 4.68 Å². The van der Waals surface area contributed by atoms with Gasteiger partial charge in [-0.2, -0.15) is 0 Å². The third kappa shape index (κ3) is 7.02. The minimum absolute atomic E-state index is 0. The predicted octanol–water partition coefficient (Wildman–Crippen LogP) is -3.75. The lowest BCUT2D eigenvalue weighted by atomic mass is 9.93. The van der Waals surface area contributed by atoms with Gasteiger partial charge in [-0.3, -0.25) is 9.59 Å². The van der Waals surface area contributed by atoms with E-state index in [-0.39, 0.29) is 62.1 Å². The Balaban J connectivity index is 0.00000729. The van der Waals surface area contributed by atoms with Crippen LogP contribution >= 0.6 is 0 Å². The fourth-order valence-electron chi connectivity index (χ4n) is 2.47. The average molecular weight is 508 g/mol. The molecular weight excluding hydrogens is 483 g/mol. The minimum atomic E-state index is -1.94. The maximum atomic E-state index is 12.5. The number of nitrogens with two attached hydrogens (primary N) is 1. The molecule has 0 radical (unpaired) electrons. The Morgan fingerprint density at radius 3 is 2.21 bits per heavy atom. The van der Waals surface area contributed by atoms with E-state index in [0.717, 1.165) is 0 Å². The van der Waals surface area contributed by atoms with Crippen molar-refractivity contribution < 1.29 is 57.3 Å². The SMILES string of the molecule is CCOC(=O)C(CCC[n+]1cc(C(N)=O)ccn1)(NC(C)=O)C(=O)OCC.[I-]. The monoisotopic (exact) mass is 508 g/mol. The summed E-state index contributed by atoms with van der Waals surface area (Å²) in [5, 5.41) is 6.44. The first-order valence-electron chi connectivity index (χ1n) is 8.55. The highest BCUT2D eigenvalue weighted by Gasteiger charge is 2.49. The Kier molecular flexibility index (Phi) is 11.2. The first-order valence-corrected chi connectivity index (χ1v) is 8.55. The summed E-state index contributed by atoms with van der Waals surface area (Å²) < 4.78 is 11.4. The molecule has 1 aromatic rings. The number of halogens is 1. The minimum Gasteiger partial charge on any atom is -1.00 e. The highest BCUT2D eigenvalue weighted by atomic mass is 127. The quantitative estimate of drug-likeness (QED) is 0.143. The Bertz CT molecular complexity index is 695. The van der Waals surface area contributed by atoms with Crippen molar-refractivity contribution in [3.05, 3.63) is 24.0 Å². The first-order chi connectivity index (χ1) is 12.8. The van der Waals surface area contributed by atoms with E-state index >= 15 is 0 Å². The van der Waals surface area contributed by atoms with Crippen LogP contribution in [0.5, 0.6) is 0 Å². The number of nitrogens with one attached hydrogen (secondary N) is 1. The van der Waals surface area contributed by atoms with Crippen LogP contribution in [0.1, 0.15) is 44.0 Å². The lowest BCUT2D eigenvalue weighted by molar-refractivity contribution is -0.754. The predicted molar refractivity (Wildman–Crippen MR) is 92.0 cm³/mol. The lowest BCUT2D eigenvalue weighted by Crippen LogP contribution is -3.00. The van der Waals surface area contributed by atoms with Gasteiger partial charge in [0.2, 0.25) is 17.6 Å². The van der Waals surface area contributed by atoms with Crippen molar-refractivity contribution in [1.82, 2.24) is 10.4 Å². The van der Waals surface area contributed by atoms with E-state index in [2.05, 4.69) is 10.4 Å². The summed E-state index contributed by atoms with van der Waals surface area (Å²) >= 11 is 0. The van der Waals surface area contributed by atoms with E-state index in [4.69, 9.17) is 15.2 Å². The number of aromatic nitrogens is 2. The molecule has 0 atom stereocenters. The summed E-state index contributed by atoms with van der Waals surface area (Å²) in [6.45, 7) is 4.72. The number of primary amides is 1. The fourth-order valence-corrected chi connectivity index (χ4v) is 2.47. The molecule has 11 heteroatoms. The van der Waals surface area contributed by atoms with E-state index in [0.29, 0.717) is 0 Å². The Morgan fingerprint density at radius 1 is 1.18 bits per heavy atom. The van der Waals surface area contributed by atoms with Gasteiger partial charge in [0.15, 0.2) is 6.54 Å². The zero-order valence-corrected chi connectivity index (χ0v) is 18.2. The highest BCUT2D eigenvalue weighted by molar-refractivity contribution is 6.07. The van der Waals surface area contributed by atoms with Gasteiger partial charge in [-0.15, -0.1) is 0 Å². The number of carbonyl (C=O) groups excluding carboxylic acids is 4. The first kappa shape index (κ1) is 25.7. The molecule has 2 amide bonds. The van der Waals surface area contributed by atoms with E-state index in [9.17, 15) is 19.2 Å². The van der Waals surface area contributed by atoms with E-state index in [1.807, 2.05) is 0 Å². The second-order valence-electron chi connectivity index (χ2n) is 5.67. The Hall–Kier alpha value is -2.31. The zero-order valence-electron chi connectivity index (χ0n) is 16.1. The second kappa shape index (κ2) is 12.2. The fraction of sp³-hybridized carbons (Fsp3) is 0.529. The molecule has 0 aliphatic heterocycles. The van der Waals surface area contributed by atoms with Crippen LogP contribution in [0.2, 0.25) is 0 Å². The average Bonchev–Trinajstić information content (AvgIpc) is 2.61. The maximum Gasteiger partial charge on any atom is 0.343 e. The number of hydrogen-bond acceptors (Lipinski definition) is 7. The molecule has 0 unspecified atom stereocenters. The van der Waals surface area contributed by atoms with Gasteiger partial charge in [-0.25, -0.2) is 9.59 Å². The molecular formula is C17H25IN4O6. The summed E-state index contributed by atoms with van der Waals surface area (Å²) in [6, 6.07) is 1.47. The number of carbonyl (C=O) groups is 4. The molecule has 0 saturated heterocycles.